The van der Waals surface area contributed by atoms with Gasteiger partial charge in [-0.05, 0) is 30.7 Å². The molecule has 1 aromatic heterocycles. The van der Waals surface area contributed by atoms with E-state index in [1.807, 2.05) is 0 Å². The summed E-state index contributed by atoms with van der Waals surface area (Å²) >= 11 is 0. The minimum absolute atomic E-state index is 0.136. The molecule has 1 heterocycles. The molecule has 1 amide bonds. The Bertz CT molecular complexity index is 930. The number of rotatable bonds is 8. The maximum atomic E-state index is 12.4. The molecule has 0 atom stereocenters. The molecule has 28 heavy (non-hydrogen) atoms. The van der Waals surface area contributed by atoms with Gasteiger partial charge in [0, 0.05) is 18.9 Å². The van der Waals surface area contributed by atoms with Gasteiger partial charge in [-0.2, -0.15) is 0 Å². The van der Waals surface area contributed by atoms with Crippen LogP contribution in [0.25, 0.3) is 6.08 Å². The van der Waals surface area contributed by atoms with E-state index in [9.17, 15) is 14.4 Å². The van der Waals surface area contributed by atoms with E-state index in [1.165, 1.54) is 32.4 Å². The second-order valence-corrected chi connectivity index (χ2v) is 5.66. The molecule has 0 spiro atoms. The van der Waals surface area contributed by atoms with Crippen molar-refractivity contribution >= 4 is 23.6 Å². The lowest BCUT2D eigenvalue weighted by atomic mass is 10.1. The second kappa shape index (κ2) is 10.1. The van der Waals surface area contributed by atoms with Crippen molar-refractivity contribution in [3.63, 3.8) is 0 Å². The third-order valence-corrected chi connectivity index (χ3v) is 3.59. The maximum absolute atomic E-state index is 12.4. The summed E-state index contributed by atoms with van der Waals surface area (Å²) in [4.78, 5) is 36.1. The fourth-order valence-electron chi connectivity index (χ4n) is 2.31. The van der Waals surface area contributed by atoms with Gasteiger partial charge in [-0.25, -0.2) is 9.59 Å². The van der Waals surface area contributed by atoms with E-state index in [2.05, 4.69) is 5.32 Å². The molecule has 1 aromatic carbocycles. The minimum Gasteiger partial charge on any atom is -0.496 e. The monoisotopic (exact) mass is 387 g/mol. The van der Waals surface area contributed by atoms with Crippen LogP contribution in [0.4, 0.5) is 10.5 Å². The smallest absolute Gasteiger partial charge is 0.411 e. The molecule has 8 heteroatoms. The summed E-state index contributed by atoms with van der Waals surface area (Å²) in [5.74, 6) is -0.0564. The fourth-order valence-corrected chi connectivity index (χ4v) is 2.31. The summed E-state index contributed by atoms with van der Waals surface area (Å²) in [6.45, 7) is 2.03. The Kier molecular flexibility index (Phi) is 7.53. The van der Waals surface area contributed by atoms with Crippen molar-refractivity contribution in [1.82, 2.24) is 0 Å². The molecule has 1 N–H and O–H groups in total. The Morgan fingerprint density at radius 2 is 1.96 bits per heavy atom. The number of allylic oxidation sites excluding steroid dienone is 1. The van der Waals surface area contributed by atoms with Crippen molar-refractivity contribution in [1.29, 1.82) is 0 Å². The van der Waals surface area contributed by atoms with Crippen molar-refractivity contribution in [3.8, 4) is 5.75 Å². The van der Waals surface area contributed by atoms with Gasteiger partial charge < -0.3 is 18.6 Å². The van der Waals surface area contributed by atoms with Gasteiger partial charge in [-0.1, -0.05) is 18.2 Å². The van der Waals surface area contributed by atoms with Gasteiger partial charge in [0.15, 0.2) is 5.78 Å². The Morgan fingerprint density at radius 1 is 1.18 bits per heavy atom. The zero-order chi connectivity index (χ0) is 20.5. The number of aryl methyl sites for hydroxylation is 1. The molecule has 0 bridgehead atoms. The number of anilines is 1. The number of methoxy groups -OCH3 is 2. The summed E-state index contributed by atoms with van der Waals surface area (Å²) in [6.07, 6.45) is 2.14. The molecule has 2 rings (SSSR count). The van der Waals surface area contributed by atoms with Gasteiger partial charge in [-0.3, -0.25) is 10.1 Å². The number of carbonyl (C=O) groups excluding carboxylic acids is 2. The lowest BCUT2D eigenvalue weighted by Gasteiger charge is -2.07. The van der Waals surface area contributed by atoms with Crippen LogP contribution in [0.3, 0.4) is 0 Å². The number of hydrogen-bond donors (Lipinski definition) is 1. The van der Waals surface area contributed by atoms with Crippen LogP contribution in [0.15, 0.2) is 45.6 Å². The van der Waals surface area contributed by atoms with E-state index >= 15 is 0 Å². The van der Waals surface area contributed by atoms with Crippen molar-refractivity contribution in [2.45, 2.75) is 6.92 Å². The summed E-state index contributed by atoms with van der Waals surface area (Å²) in [5.41, 5.74) is 0.184. The fraction of sp³-hybridized carbons (Fsp3) is 0.250. The standard InChI is InChI=1S/C20H21NO7/c1-13-11-17(26-3)18(19(23)28-13)16(22)8-7-14-5-4-6-15(12-14)21-20(24)27-10-9-25-2/h4-8,11-12H,9-10H2,1-3H3,(H,21,24)/b8-7+. The van der Waals surface area contributed by atoms with E-state index in [0.29, 0.717) is 23.6 Å². The predicted octanol–water partition coefficient (Wildman–Crippen LogP) is 3.05. The molecular formula is C20H21NO7. The molecule has 2 aromatic rings. The van der Waals surface area contributed by atoms with Crippen LogP contribution in [0, 0.1) is 6.92 Å². The molecule has 0 aliphatic rings. The molecule has 0 saturated carbocycles. The van der Waals surface area contributed by atoms with Gasteiger partial charge in [0.25, 0.3) is 0 Å². The summed E-state index contributed by atoms with van der Waals surface area (Å²) < 4.78 is 19.8. The van der Waals surface area contributed by atoms with E-state index < -0.39 is 17.5 Å². The van der Waals surface area contributed by atoms with Gasteiger partial charge in [0.2, 0.25) is 0 Å². The van der Waals surface area contributed by atoms with Crippen molar-refractivity contribution in [2.75, 3.05) is 32.8 Å². The first-order valence-electron chi connectivity index (χ1n) is 8.38. The van der Waals surface area contributed by atoms with Crippen LogP contribution in [-0.2, 0) is 9.47 Å². The molecule has 8 nitrogen and oxygen atoms in total. The van der Waals surface area contributed by atoms with E-state index in [4.69, 9.17) is 18.6 Å². The van der Waals surface area contributed by atoms with Crippen molar-refractivity contribution in [2.24, 2.45) is 0 Å². The summed E-state index contributed by atoms with van der Waals surface area (Å²) in [6, 6.07) is 8.24. The normalized spacial score (nSPS) is 10.7. The van der Waals surface area contributed by atoms with Gasteiger partial charge >= 0.3 is 11.7 Å². The molecule has 0 unspecified atom stereocenters. The van der Waals surface area contributed by atoms with E-state index in [1.54, 1.807) is 31.2 Å². The first-order valence-corrected chi connectivity index (χ1v) is 8.38. The molecule has 0 aliphatic heterocycles. The number of hydrogen-bond acceptors (Lipinski definition) is 7. The SMILES string of the molecule is COCCOC(=O)Nc1cccc(/C=C/C(=O)c2c(OC)cc(C)oc2=O)c1. The third kappa shape index (κ3) is 5.82. The number of nitrogens with one attached hydrogen (secondary N) is 1. The number of amides is 1. The van der Waals surface area contributed by atoms with Gasteiger partial charge in [-0.15, -0.1) is 0 Å². The van der Waals surface area contributed by atoms with Crippen LogP contribution >= 0.6 is 0 Å². The van der Waals surface area contributed by atoms with Crippen LogP contribution < -0.4 is 15.7 Å². The molecule has 0 saturated heterocycles. The molecule has 0 radical (unpaired) electrons. The van der Waals surface area contributed by atoms with Crippen LogP contribution in [-0.4, -0.2) is 39.3 Å². The highest BCUT2D eigenvalue weighted by molar-refractivity contribution is 6.08. The lowest BCUT2D eigenvalue weighted by Crippen LogP contribution is -2.16. The first-order chi connectivity index (χ1) is 13.4. The van der Waals surface area contributed by atoms with E-state index in [-0.39, 0.29) is 17.9 Å². The molecule has 0 fully saturated rings. The zero-order valence-corrected chi connectivity index (χ0v) is 15.8. The Hall–Kier alpha value is -3.39. The number of benzene rings is 1. The zero-order valence-electron chi connectivity index (χ0n) is 15.8. The topological polar surface area (TPSA) is 104 Å². The van der Waals surface area contributed by atoms with Crippen LogP contribution in [0.2, 0.25) is 0 Å². The quantitative estimate of drug-likeness (QED) is 0.422. The molecule has 148 valence electrons. The number of ketones is 1. The van der Waals surface area contributed by atoms with Gasteiger partial charge in [0.1, 0.15) is 23.7 Å². The van der Waals surface area contributed by atoms with Crippen LogP contribution in [0.5, 0.6) is 5.75 Å². The van der Waals surface area contributed by atoms with E-state index in [0.717, 1.165) is 0 Å². The lowest BCUT2D eigenvalue weighted by molar-refractivity contribution is 0.104. The molecular weight excluding hydrogens is 366 g/mol. The average Bonchev–Trinajstić information content (AvgIpc) is 2.66. The first kappa shape index (κ1) is 20.9. The van der Waals surface area contributed by atoms with Crippen molar-refractivity contribution < 1.29 is 28.2 Å². The Labute approximate surface area is 161 Å². The Balaban J connectivity index is 2.12. The maximum Gasteiger partial charge on any atom is 0.411 e. The second-order valence-electron chi connectivity index (χ2n) is 5.66. The highest BCUT2D eigenvalue weighted by Crippen LogP contribution is 2.18. The largest absolute Gasteiger partial charge is 0.496 e. The highest BCUT2D eigenvalue weighted by Gasteiger charge is 2.17. The summed E-state index contributed by atoms with van der Waals surface area (Å²) in [7, 11) is 2.88. The summed E-state index contributed by atoms with van der Waals surface area (Å²) in [5, 5.41) is 2.57. The third-order valence-electron chi connectivity index (χ3n) is 3.59. The van der Waals surface area contributed by atoms with Crippen molar-refractivity contribution in [3.05, 3.63) is 63.7 Å². The predicted molar refractivity (Wildman–Crippen MR) is 103 cm³/mol. The Morgan fingerprint density at radius 3 is 2.68 bits per heavy atom. The number of carbonyl (C=O) groups is 2. The van der Waals surface area contributed by atoms with Gasteiger partial charge in [0.05, 0.1) is 13.7 Å². The number of ether oxygens (including phenoxy) is 3. The highest BCUT2D eigenvalue weighted by atomic mass is 16.6. The minimum atomic E-state index is -0.763. The average molecular weight is 387 g/mol. The van der Waals surface area contributed by atoms with Crippen LogP contribution in [0.1, 0.15) is 21.7 Å². The molecule has 0 aliphatic carbocycles.